The number of nitrogens with one attached hydrogen (secondary N) is 1. The van der Waals surface area contributed by atoms with Crippen LogP contribution < -0.4 is 5.32 Å². The molecule has 0 aromatic carbocycles. The van der Waals surface area contributed by atoms with E-state index in [2.05, 4.69) is 26.2 Å². The van der Waals surface area contributed by atoms with Crippen LogP contribution in [0.2, 0.25) is 0 Å². The minimum Gasteiger partial charge on any atom is -0.444 e. The number of alkyl halides is 2. The summed E-state index contributed by atoms with van der Waals surface area (Å²) in [7, 11) is 0. The predicted molar refractivity (Wildman–Crippen MR) is 99.9 cm³/mol. The number of pyridine rings is 1. The summed E-state index contributed by atoms with van der Waals surface area (Å²) in [5.74, 6) is -3.55. The number of likely N-dealkylation sites (tertiary alicyclic amines) is 1. The Hall–Kier alpha value is -1.77. The van der Waals surface area contributed by atoms with E-state index in [1.165, 1.54) is 0 Å². The molecule has 0 radical (unpaired) electrons. The summed E-state index contributed by atoms with van der Waals surface area (Å²) in [4.78, 5) is 30.0. The van der Waals surface area contributed by atoms with Gasteiger partial charge in [0.25, 0.3) is 11.8 Å². The van der Waals surface area contributed by atoms with Crippen molar-refractivity contribution >= 4 is 27.9 Å². The van der Waals surface area contributed by atoms with Crippen LogP contribution in [0.4, 0.5) is 13.6 Å². The molecular formula is C18H24BrF2N3O3. The van der Waals surface area contributed by atoms with Crippen molar-refractivity contribution in [2.45, 2.75) is 58.1 Å². The van der Waals surface area contributed by atoms with Gasteiger partial charge in [-0.3, -0.25) is 4.79 Å². The number of rotatable bonds is 3. The number of hydrogen-bond acceptors (Lipinski definition) is 4. The van der Waals surface area contributed by atoms with Crippen molar-refractivity contribution < 1.29 is 23.1 Å². The second-order valence-corrected chi connectivity index (χ2v) is 8.48. The molecule has 1 fully saturated rings. The molecule has 2 rings (SSSR count). The number of piperidine rings is 1. The Balaban J connectivity index is 2.16. The largest absolute Gasteiger partial charge is 0.444 e. The minimum absolute atomic E-state index is 0.0315. The lowest BCUT2D eigenvalue weighted by molar-refractivity contribution is -0.0718. The molecule has 0 bridgehead atoms. The number of ether oxygens (including phenoxy) is 1. The molecule has 27 heavy (non-hydrogen) atoms. The topological polar surface area (TPSA) is 71.5 Å². The van der Waals surface area contributed by atoms with Crippen LogP contribution in [0.25, 0.3) is 0 Å². The Morgan fingerprint density at radius 1 is 1.41 bits per heavy atom. The van der Waals surface area contributed by atoms with Crippen molar-refractivity contribution in [3.8, 4) is 0 Å². The van der Waals surface area contributed by atoms with Gasteiger partial charge in [0, 0.05) is 13.0 Å². The van der Waals surface area contributed by atoms with Crippen LogP contribution in [0.3, 0.4) is 0 Å². The van der Waals surface area contributed by atoms with Crippen LogP contribution in [0.1, 0.15) is 49.7 Å². The van der Waals surface area contributed by atoms with Gasteiger partial charge in [0.2, 0.25) is 0 Å². The highest BCUT2D eigenvalue weighted by molar-refractivity contribution is 9.10. The smallest absolute Gasteiger partial charge is 0.407 e. The van der Waals surface area contributed by atoms with Crippen LogP contribution >= 0.6 is 15.9 Å². The zero-order valence-corrected chi connectivity index (χ0v) is 17.4. The van der Waals surface area contributed by atoms with Crippen molar-refractivity contribution in [1.82, 2.24) is 15.2 Å². The average Bonchev–Trinajstić information content (AvgIpc) is 2.53. The molecule has 0 aliphatic carbocycles. The number of nitrogens with zero attached hydrogens (tertiary/aromatic N) is 2. The van der Waals surface area contributed by atoms with Crippen molar-refractivity contribution in [3.63, 3.8) is 0 Å². The second-order valence-electron chi connectivity index (χ2n) is 7.66. The monoisotopic (exact) mass is 447 g/mol. The average molecular weight is 448 g/mol. The van der Waals surface area contributed by atoms with Gasteiger partial charge in [-0.15, -0.1) is 0 Å². The molecule has 9 heteroatoms. The van der Waals surface area contributed by atoms with E-state index in [0.717, 1.165) is 4.90 Å². The maximum Gasteiger partial charge on any atom is 0.407 e. The van der Waals surface area contributed by atoms with Gasteiger partial charge in [0.15, 0.2) is 0 Å². The first kappa shape index (κ1) is 21.5. The van der Waals surface area contributed by atoms with Gasteiger partial charge >= 0.3 is 6.09 Å². The highest BCUT2D eigenvalue weighted by Gasteiger charge is 2.43. The predicted octanol–water partition coefficient (Wildman–Crippen LogP) is 3.92. The first-order chi connectivity index (χ1) is 12.4. The zero-order chi connectivity index (χ0) is 20.4. The lowest BCUT2D eigenvalue weighted by Gasteiger charge is -2.39. The van der Waals surface area contributed by atoms with Crippen molar-refractivity contribution in [1.29, 1.82) is 0 Å². The Morgan fingerprint density at radius 2 is 2.07 bits per heavy atom. The Morgan fingerprint density at radius 3 is 2.70 bits per heavy atom. The van der Waals surface area contributed by atoms with Crippen LogP contribution in [-0.2, 0) is 4.74 Å². The summed E-state index contributed by atoms with van der Waals surface area (Å²) in [6.07, 6.45) is -0.923. The van der Waals surface area contributed by atoms with E-state index in [1.807, 2.05) is 0 Å². The summed E-state index contributed by atoms with van der Waals surface area (Å²) in [6.45, 7) is 6.20. The highest BCUT2D eigenvalue weighted by atomic mass is 79.9. The molecule has 1 aromatic heterocycles. The van der Waals surface area contributed by atoms with Gasteiger partial charge < -0.3 is 15.0 Å². The fraction of sp³-hybridized carbons (Fsp3) is 0.611. The van der Waals surface area contributed by atoms with Crippen molar-refractivity contribution in [3.05, 3.63) is 28.0 Å². The van der Waals surface area contributed by atoms with Crippen LogP contribution in [-0.4, -0.2) is 52.5 Å². The highest BCUT2D eigenvalue weighted by Crippen LogP contribution is 2.31. The third-order valence-electron chi connectivity index (χ3n) is 4.09. The van der Waals surface area contributed by atoms with Crippen LogP contribution in [0, 0.1) is 6.92 Å². The van der Waals surface area contributed by atoms with Gasteiger partial charge in [-0.1, -0.05) is 6.07 Å². The number of halogens is 3. The number of alkyl carbamates (subject to hydrolysis) is 1. The third-order valence-corrected chi connectivity index (χ3v) is 4.53. The van der Waals surface area contributed by atoms with Gasteiger partial charge in [0.1, 0.15) is 15.9 Å². The van der Waals surface area contributed by atoms with E-state index >= 15 is 0 Å². The summed E-state index contributed by atoms with van der Waals surface area (Å²) < 4.78 is 33.6. The fourth-order valence-corrected chi connectivity index (χ4v) is 3.12. The molecule has 1 aliphatic heterocycles. The molecule has 2 heterocycles. The number of carbonyl (C=O) groups is 2. The molecule has 0 spiro atoms. The summed E-state index contributed by atoms with van der Waals surface area (Å²) in [5.41, 5.74) is 0.0385. The van der Waals surface area contributed by atoms with Gasteiger partial charge in [0.05, 0.1) is 12.6 Å². The maximum atomic E-state index is 14.0. The van der Waals surface area contributed by atoms with E-state index in [0.29, 0.717) is 10.2 Å². The maximum absolute atomic E-state index is 14.0. The lowest BCUT2D eigenvalue weighted by Crippen LogP contribution is -2.55. The minimum atomic E-state index is -2.97. The first-order valence-corrected chi connectivity index (χ1v) is 9.46. The fourth-order valence-electron chi connectivity index (χ4n) is 2.81. The molecule has 1 saturated heterocycles. The number of aryl methyl sites for hydroxylation is 1. The first-order valence-electron chi connectivity index (χ1n) is 8.67. The molecule has 1 N–H and O–H groups in total. The van der Waals surface area contributed by atoms with Crippen LogP contribution in [0.15, 0.2) is 16.7 Å². The molecule has 2 amide bonds. The van der Waals surface area contributed by atoms with Crippen molar-refractivity contribution in [2.75, 3.05) is 13.1 Å². The SMILES string of the molecule is Cc1ccc(Br)nc1C(=O)N1CC(F)(F)CCC1CNC(=O)OC(C)(C)C. The van der Waals surface area contributed by atoms with E-state index in [9.17, 15) is 18.4 Å². The zero-order valence-electron chi connectivity index (χ0n) is 15.8. The van der Waals surface area contributed by atoms with Gasteiger partial charge in [-0.05, 0) is 61.7 Å². The molecule has 1 aliphatic rings. The Kier molecular flexibility index (Phi) is 6.44. The molecule has 1 atom stereocenters. The second kappa shape index (κ2) is 8.08. The van der Waals surface area contributed by atoms with E-state index in [4.69, 9.17) is 4.74 Å². The molecule has 1 unspecified atom stereocenters. The molecule has 0 saturated carbocycles. The standard InChI is InChI=1S/C18H24BrF2N3O3/c1-11-5-6-13(19)23-14(11)15(25)24-10-18(20,21)8-7-12(24)9-22-16(26)27-17(2,3)4/h5-6,12H,7-10H2,1-4H3,(H,22,26). The molecule has 6 nitrogen and oxygen atoms in total. The number of aromatic nitrogens is 1. The van der Waals surface area contributed by atoms with Gasteiger partial charge in [-0.2, -0.15) is 0 Å². The summed E-state index contributed by atoms with van der Waals surface area (Å²) in [5, 5.41) is 2.57. The number of hydrogen-bond donors (Lipinski definition) is 1. The van der Waals surface area contributed by atoms with E-state index < -0.39 is 36.1 Å². The van der Waals surface area contributed by atoms with Crippen LogP contribution in [0.5, 0.6) is 0 Å². The molecule has 1 aromatic rings. The summed E-state index contributed by atoms with van der Waals surface area (Å²) in [6, 6.07) is 2.81. The normalized spacial score (nSPS) is 19.5. The third kappa shape index (κ3) is 6.12. The van der Waals surface area contributed by atoms with Gasteiger partial charge in [-0.25, -0.2) is 18.6 Å². The van der Waals surface area contributed by atoms with E-state index in [1.54, 1.807) is 39.8 Å². The van der Waals surface area contributed by atoms with Crippen molar-refractivity contribution in [2.24, 2.45) is 0 Å². The Bertz CT molecular complexity index is 722. The number of carbonyl (C=O) groups excluding carboxylic acids is 2. The summed E-state index contributed by atoms with van der Waals surface area (Å²) >= 11 is 3.20. The Labute approximate surface area is 165 Å². The molecule has 150 valence electrons. The molecular weight excluding hydrogens is 424 g/mol. The van der Waals surface area contributed by atoms with E-state index in [-0.39, 0.29) is 25.1 Å². The quantitative estimate of drug-likeness (QED) is 0.712. The lowest BCUT2D eigenvalue weighted by atomic mass is 9.98. The number of amides is 2.